The van der Waals surface area contributed by atoms with E-state index in [1.54, 1.807) is 19.1 Å². The summed E-state index contributed by atoms with van der Waals surface area (Å²) in [6, 6.07) is 9.81. The van der Waals surface area contributed by atoms with E-state index in [1.165, 1.54) is 38.4 Å². The summed E-state index contributed by atoms with van der Waals surface area (Å²) in [5, 5.41) is 6.30. The lowest BCUT2D eigenvalue weighted by Crippen LogP contribution is -2.27. The topological polar surface area (TPSA) is 73.2 Å². The van der Waals surface area contributed by atoms with E-state index >= 15 is 0 Å². The molecule has 3 rings (SSSR count). The van der Waals surface area contributed by atoms with Crippen LogP contribution in [0.2, 0.25) is 0 Å². The second-order valence-electron chi connectivity index (χ2n) is 7.43. The molecule has 0 unspecified atom stereocenters. The molecule has 0 fully saturated rings. The molecule has 0 spiro atoms. The van der Waals surface area contributed by atoms with E-state index in [0.717, 1.165) is 28.6 Å². The van der Waals surface area contributed by atoms with Crippen LogP contribution in [0, 0.1) is 0 Å². The molecule has 35 heavy (non-hydrogen) atoms. The first kappa shape index (κ1) is 26.2. The zero-order valence-electron chi connectivity index (χ0n) is 18.7. The number of aromatic nitrogens is 2. The van der Waals surface area contributed by atoms with Crippen molar-refractivity contribution >= 4 is 23.6 Å². The third kappa shape index (κ3) is 5.99. The van der Waals surface area contributed by atoms with Gasteiger partial charge in [0, 0.05) is 11.9 Å². The molecule has 1 aromatic heterocycles. The number of hydrogen-bond acceptors (Lipinski definition) is 5. The number of halogens is 5. The Morgan fingerprint density at radius 3 is 2.34 bits per heavy atom. The summed E-state index contributed by atoms with van der Waals surface area (Å²) < 4.78 is 72.3. The van der Waals surface area contributed by atoms with Crippen LogP contribution in [-0.2, 0) is 18.0 Å². The molecule has 186 valence electrons. The van der Waals surface area contributed by atoms with Crippen LogP contribution >= 0.6 is 11.8 Å². The number of nitrogens with zero attached hydrogens (tertiary/aromatic N) is 2. The molecule has 0 aliphatic rings. The van der Waals surface area contributed by atoms with Gasteiger partial charge in [-0.1, -0.05) is 30.0 Å². The molecule has 0 saturated heterocycles. The second kappa shape index (κ2) is 10.5. The average molecular weight is 513 g/mol. The number of amides is 1. The van der Waals surface area contributed by atoms with Crippen LogP contribution in [0.1, 0.15) is 56.9 Å². The SMILES string of the molecule is COC(=O)c1ccc([C@H](C)NC(=O)c2c(C(F)F)nn(C)c2Sc2cccc(C(F)(F)F)c2)cc1. The van der Waals surface area contributed by atoms with Crippen molar-refractivity contribution in [3.8, 4) is 0 Å². The third-order valence-electron chi connectivity index (χ3n) is 5.01. The molecule has 3 aromatic rings. The fourth-order valence-electron chi connectivity index (χ4n) is 3.24. The highest BCUT2D eigenvalue weighted by Crippen LogP contribution is 2.38. The van der Waals surface area contributed by atoms with Crippen LogP contribution in [0.5, 0.6) is 0 Å². The first-order valence-electron chi connectivity index (χ1n) is 10.1. The van der Waals surface area contributed by atoms with Gasteiger partial charge in [-0.15, -0.1) is 0 Å². The van der Waals surface area contributed by atoms with Crippen molar-refractivity contribution < 1.29 is 36.3 Å². The summed E-state index contributed by atoms with van der Waals surface area (Å²) >= 11 is 0.723. The summed E-state index contributed by atoms with van der Waals surface area (Å²) in [5.41, 5.74) is -1.24. The van der Waals surface area contributed by atoms with Gasteiger partial charge in [0.15, 0.2) is 0 Å². The van der Waals surface area contributed by atoms with Gasteiger partial charge in [0.1, 0.15) is 16.3 Å². The highest BCUT2D eigenvalue weighted by molar-refractivity contribution is 7.99. The summed E-state index contributed by atoms with van der Waals surface area (Å²) in [4.78, 5) is 24.7. The van der Waals surface area contributed by atoms with E-state index in [1.807, 2.05) is 0 Å². The molecular weight excluding hydrogens is 493 g/mol. The quantitative estimate of drug-likeness (QED) is 0.319. The number of carbonyl (C=O) groups excluding carboxylic acids is 2. The number of esters is 1. The van der Waals surface area contributed by atoms with Crippen LogP contribution in [-0.4, -0.2) is 28.8 Å². The molecule has 0 saturated carbocycles. The van der Waals surface area contributed by atoms with E-state index in [0.29, 0.717) is 11.1 Å². The van der Waals surface area contributed by atoms with Crippen LogP contribution in [0.25, 0.3) is 0 Å². The summed E-state index contributed by atoms with van der Waals surface area (Å²) in [6.07, 6.45) is -7.68. The maximum Gasteiger partial charge on any atom is 0.416 e. The van der Waals surface area contributed by atoms with Gasteiger partial charge in [-0.25, -0.2) is 13.6 Å². The lowest BCUT2D eigenvalue weighted by atomic mass is 10.1. The molecule has 0 bridgehead atoms. The Labute approximate surface area is 201 Å². The lowest BCUT2D eigenvalue weighted by Gasteiger charge is -2.16. The van der Waals surface area contributed by atoms with Crippen molar-refractivity contribution in [1.29, 1.82) is 0 Å². The Hall–Kier alpha value is -3.41. The Balaban J connectivity index is 1.91. The Kier molecular flexibility index (Phi) is 7.83. The van der Waals surface area contributed by atoms with E-state index in [2.05, 4.69) is 15.2 Å². The molecule has 1 N–H and O–H groups in total. The van der Waals surface area contributed by atoms with Crippen LogP contribution in [0.3, 0.4) is 0 Å². The van der Waals surface area contributed by atoms with Gasteiger partial charge >= 0.3 is 12.1 Å². The minimum absolute atomic E-state index is 0.0367. The molecule has 1 atom stereocenters. The number of benzene rings is 2. The van der Waals surface area contributed by atoms with Crippen molar-refractivity contribution in [3.63, 3.8) is 0 Å². The highest BCUT2D eigenvalue weighted by atomic mass is 32.2. The van der Waals surface area contributed by atoms with E-state index < -0.39 is 47.3 Å². The zero-order valence-corrected chi connectivity index (χ0v) is 19.5. The zero-order chi connectivity index (χ0) is 25.9. The number of nitrogens with one attached hydrogen (secondary N) is 1. The van der Waals surface area contributed by atoms with E-state index in [-0.39, 0.29) is 9.92 Å². The number of alkyl halides is 5. The average Bonchev–Trinajstić information content (AvgIpc) is 3.14. The predicted molar refractivity (Wildman–Crippen MR) is 117 cm³/mol. The molecular formula is C23H20F5N3O3S. The van der Waals surface area contributed by atoms with E-state index in [9.17, 15) is 31.5 Å². The van der Waals surface area contributed by atoms with Gasteiger partial charge in [0.25, 0.3) is 12.3 Å². The Morgan fingerprint density at radius 1 is 1.11 bits per heavy atom. The lowest BCUT2D eigenvalue weighted by molar-refractivity contribution is -0.137. The number of rotatable bonds is 7. The summed E-state index contributed by atoms with van der Waals surface area (Å²) in [7, 11) is 2.57. The fourth-order valence-corrected chi connectivity index (χ4v) is 4.27. The monoisotopic (exact) mass is 513 g/mol. The fraction of sp³-hybridized carbons (Fsp3) is 0.261. The van der Waals surface area contributed by atoms with Gasteiger partial charge in [0.05, 0.1) is 24.3 Å². The van der Waals surface area contributed by atoms with Crippen LogP contribution < -0.4 is 5.32 Å². The molecule has 2 aromatic carbocycles. The van der Waals surface area contributed by atoms with Crippen molar-refractivity contribution in [1.82, 2.24) is 15.1 Å². The largest absolute Gasteiger partial charge is 0.465 e. The Morgan fingerprint density at radius 2 is 1.77 bits per heavy atom. The first-order valence-corrected chi connectivity index (χ1v) is 10.9. The van der Waals surface area contributed by atoms with E-state index in [4.69, 9.17) is 0 Å². The van der Waals surface area contributed by atoms with Gasteiger partial charge < -0.3 is 10.1 Å². The number of carbonyl (C=O) groups is 2. The summed E-state index contributed by atoms with van der Waals surface area (Å²) in [6.45, 7) is 1.61. The predicted octanol–water partition coefficient (Wildman–Crippen LogP) is 5.81. The van der Waals surface area contributed by atoms with Gasteiger partial charge in [-0.3, -0.25) is 9.48 Å². The van der Waals surface area contributed by atoms with Crippen LogP contribution in [0.4, 0.5) is 22.0 Å². The summed E-state index contributed by atoms with van der Waals surface area (Å²) in [5.74, 6) is -1.41. The normalized spacial score (nSPS) is 12.5. The standard InChI is InChI=1S/C23H20F5N3O3S/c1-12(13-7-9-14(10-8-13)22(33)34-3)29-20(32)17-18(19(24)25)30-31(2)21(17)35-16-6-4-5-15(11-16)23(26,27)28/h4-12,19H,1-3H3,(H,29,32)/t12-/m0/s1. The molecule has 12 heteroatoms. The molecule has 0 radical (unpaired) electrons. The van der Waals surface area contributed by atoms with Gasteiger partial charge in [0.2, 0.25) is 0 Å². The Bertz CT molecular complexity index is 1230. The smallest absolute Gasteiger partial charge is 0.416 e. The van der Waals surface area contributed by atoms with Gasteiger partial charge in [-0.2, -0.15) is 18.3 Å². The second-order valence-corrected chi connectivity index (χ2v) is 8.49. The molecule has 1 amide bonds. The van der Waals surface area contributed by atoms with Crippen molar-refractivity contribution in [2.75, 3.05) is 7.11 Å². The van der Waals surface area contributed by atoms with Crippen molar-refractivity contribution in [3.05, 3.63) is 76.5 Å². The maximum atomic E-state index is 13.7. The van der Waals surface area contributed by atoms with Crippen molar-refractivity contribution in [2.45, 2.75) is 35.5 Å². The van der Waals surface area contributed by atoms with Crippen LogP contribution in [0.15, 0.2) is 58.5 Å². The maximum absolute atomic E-state index is 13.7. The number of ether oxygens (including phenoxy) is 1. The molecule has 0 aliphatic carbocycles. The van der Waals surface area contributed by atoms with Crippen molar-refractivity contribution in [2.24, 2.45) is 7.05 Å². The molecule has 0 aliphatic heterocycles. The number of aryl methyl sites for hydroxylation is 1. The number of methoxy groups -OCH3 is 1. The minimum Gasteiger partial charge on any atom is -0.465 e. The third-order valence-corrected chi connectivity index (χ3v) is 6.16. The highest BCUT2D eigenvalue weighted by Gasteiger charge is 2.32. The minimum atomic E-state index is -4.59. The first-order chi connectivity index (χ1) is 16.4. The molecule has 6 nitrogen and oxygen atoms in total. The van der Waals surface area contributed by atoms with Gasteiger partial charge in [-0.05, 0) is 42.8 Å². The number of hydrogen-bond donors (Lipinski definition) is 1. The molecule has 1 heterocycles.